The van der Waals surface area contributed by atoms with Crippen molar-refractivity contribution in [3.8, 4) is 0 Å². The van der Waals surface area contributed by atoms with Gasteiger partial charge in [0.05, 0.1) is 18.3 Å². The lowest BCUT2D eigenvalue weighted by Gasteiger charge is -2.23. The molecule has 2 fully saturated rings. The number of rotatable bonds is 3. The molecule has 2 aliphatic rings. The lowest BCUT2D eigenvalue weighted by Crippen LogP contribution is -2.28. The molecule has 0 radical (unpaired) electrons. The maximum absolute atomic E-state index is 9.72. The Morgan fingerprint density at radius 1 is 1.58 bits per heavy atom. The SMILES string of the molecule is C=CCC(O)C1CC2CCC1O2. The average Bonchev–Trinajstić information content (AvgIpc) is 2.64. The molecule has 2 heteroatoms. The van der Waals surface area contributed by atoms with Gasteiger partial charge in [-0.2, -0.15) is 0 Å². The summed E-state index contributed by atoms with van der Waals surface area (Å²) >= 11 is 0. The Bertz CT molecular complexity index is 179. The Morgan fingerprint density at radius 2 is 2.42 bits per heavy atom. The van der Waals surface area contributed by atoms with Gasteiger partial charge in [-0.1, -0.05) is 6.08 Å². The Kier molecular flexibility index (Phi) is 2.20. The van der Waals surface area contributed by atoms with Crippen molar-refractivity contribution in [2.75, 3.05) is 0 Å². The zero-order valence-electron chi connectivity index (χ0n) is 7.28. The van der Waals surface area contributed by atoms with E-state index in [2.05, 4.69) is 6.58 Å². The Morgan fingerprint density at radius 3 is 2.92 bits per heavy atom. The van der Waals surface area contributed by atoms with Crippen LogP contribution in [0.1, 0.15) is 25.7 Å². The van der Waals surface area contributed by atoms with Crippen LogP contribution in [0, 0.1) is 5.92 Å². The molecule has 0 aliphatic carbocycles. The average molecular weight is 168 g/mol. The molecule has 2 heterocycles. The van der Waals surface area contributed by atoms with Crippen LogP contribution >= 0.6 is 0 Å². The van der Waals surface area contributed by atoms with Crippen molar-refractivity contribution in [3.05, 3.63) is 12.7 Å². The fraction of sp³-hybridized carbons (Fsp3) is 0.800. The van der Waals surface area contributed by atoms with E-state index in [0.717, 1.165) is 12.8 Å². The second-order valence-electron chi connectivity index (χ2n) is 3.87. The largest absolute Gasteiger partial charge is 0.392 e. The molecule has 0 aromatic rings. The molecule has 0 amide bonds. The van der Waals surface area contributed by atoms with Crippen LogP contribution in [0.2, 0.25) is 0 Å². The lowest BCUT2D eigenvalue weighted by atomic mass is 9.84. The van der Waals surface area contributed by atoms with Crippen molar-refractivity contribution in [1.29, 1.82) is 0 Å². The van der Waals surface area contributed by atoms with E-state index in [1.807, 2.05) is 0 Å². The highest BCUT2D eigenvalue weighted by atomic mass is 16.5. The molecule has 12 heavy (non-hydrogen) atoms. The Hall–Kier alpha value is -0.340. The van der Waals surface area contributed by atoms with Gasteiger partial charge in [-0.05, 0) is 25.7 Å². The summed E-state index contributed by atoms with van der Waals surface area (Å²) in [5.74, 6) is 0.377. The molecule has 0 aromatic carbocycles. The van der Waals surface area contributed by atoms with Gasteiger partial charge in [0.25, 0.3) is 0 Å². The second-order valence-corrected chi connectivity index (χ2v) is 3.87. The van der Waals surface area contributed by atoms with E-state index in [1.54, 1.807) is 6.08 Å². The number of ether oxygens (including phenoxy) is 1. The summed E-state index contributed by atoms with van der Waals surface area (Å²) in [5.41, 5.74) is 0. The van der Waals surface area contributed by atoms with E-state index in [9.17, 15) is 5.11 Å². The van der Waals surface area contributed by atoms with Gasteiger partial charge in [-0.15, -0.1) is 6.58 Å². The monoisotopic (exact) mass is 168 g/mol. The van der Waals surface area contributed by atoms with E-state index in [0.29, 0.717) is 24.5 Å². The molecule has 0 aromatic heterocycles. The number of aliphatic hydroxyl groups excluding tert-OH is 1. The van der Waals surface area contributed by atoms with Crippen LogP contribution < -0.4 is 0 Å². The maximum Gasteiger partial charge on any atom is 0.0633 e. The summed E-state index contributed by atoms with van der Waals surface area (Å²) in [6.45, 7) is 3.63. The molecule has 2 saturated heterocycles. The predicted molar refractivity (Wildman–Crippen MR) is 46.8 cm³/mol. The van der Waals surface area contributed by atoms with E-state index in [1.165, 1.54) is 6.42 Å². The molecule has 0 spiro atoms. The van der Waals surface area contributed by atoms with Crippen LogP contribution in [0.4, 0.5) is 0 Å². The fourth-order valence-corrected chi connectivity index (χ4v) is 2.43. The highest BCUT2D eigenvalue weighted by molar-refractivity contribution is 4.94. The van der Waals surface area contributed by atoms with Crippen molar-refractivity contribution >= 4 is 0 Å². The van der Waals surface area contributed by atoms with E-state index in [4.69, 9.17) is 4.74 Å². The van der Waals surface area contributed by atoms with Gasteiger partial charge in [0.1, 0.15) is 0 Å². The highest BCUT2D eigenvalue weighted by Gasteiger charge is 2.43. The van der Waals surface area contributed by atoms with Gasteiger partial charge < -0.3 is 9.84 Å². The van der Waals surface area contributed by atoms with Gasteiger partial charge in [0, 0.05) is 5.92 Å². The summed E-state index contributed by atoms with van der Waals surface area (Å²) in [6, 6.07) is 0. The third-order valence-electron chi connectivity index (χ3n) is 3.06. The highest BCUT2D eigenvalue weighted by Crippen LogP contribution is 2.40. The molecule has 2 aliphatic heterocycles. The van der Waals surface area contributed by atoms with Gasteiger partial charge in [-0.25, -0.2) is 0 Å². The quantitative estimate of drug-likeness (QED) is 0.647. The minimum absolute atomic E-state index is 0.224. The van der Waals surface area contributed by atoms with Crippen molar-refractivity contribution in [3.63, 3.8) is 0 Å². The van der Waals surface area contributed by atoms with Crippen LogP contribution in [0.3, 0.4) is 0 Å². The van der Waals surface area contributed by atoms with Crippen molar-refractivity contribution in [2.24, 2.45) is 5.92 Å². The minimum atomic E-state index is -0.224. The predicted octanol–water partition coefficient (Wildman–Crippen LogP) is 1.49. The van der Waals surface area contributed by atoms with Crippen LogP contribution in [0.5, 0.6) is 0 Å². The summed E-state index contributed by atoms with van der Waals surface area (Å²) in [6.07, 6.45) is 6.45. The maximum atomic E-state index is 9.72. The second kappa shape index (κ2) is 3.19. The van der Waals surface area contributed by atoms with Crippen LogP contribution in [0.15, 0.2) is 12.7 Å². The molecular weight excluding hydrogens is 152 g/mol. The molecule has 1 N–H and O–H groups in total. The first-order chi connectivity index (χ1) is 5.81. The number of hydrogen-bond donors (Lipinski definition) is 1. The zero-order chi connectivity index (χ0) is 8.55. The summed E-state index contributed by atoms with van der Waals surface area (Å²) in [4.78, 5) is 0. The fourth-order valence-electron chi connectivity index (χ4n) is 2.43. The number of hydrogen-bond acceptors (Lipinski definition) is 2. The zero-order valence-corrected chi connectivity index (χ0v) is 7.28. The van der Waals surface area contributed by atoms with E-state index >= 15 is 0 Å². The first-order valence-corrected chi connectivity index (χ1v) is 4.75. The molecule has 4 atom stereocenters. The van der Waals surface area contributed by atoms with Gasteiger partial charge in [0.2, 0.25) is 0 Å². The lowest BCUT2D eigenvalue weighted by molar-refractivity contribution is 0.0444. The molecule has 0 saturated carbocycles. The van der Waals surface area contributed by atoms with Crippen LogP contribution in [-0.2, 0) is 4.74 Å². The summed E-state index contributed by atoms with van der Waals surface area (Å²) in [7, 11) is 0. The molecule has 2 bridgehead atoms. The molecule has 68 valence electrons. The number of fused-ring (bicyclic) bond motifs is 2. The smallest absolute Gasteiger partial charge is 0.0633 e. The van der Waals surface area contributed by atoms with Crippen molar-refractivity contribution < 1.29 is 9.84 Å². The topological polar surface area (TPSA) is 29.5 Å². The molecule has 2 nitrogen and oxygen atoms in total. The first kappa shape index (κ1) is 8.27. The molecule has 2 rings (SSSR count). The molecule has 4 unspecified atom stereocenters. The minimum Gasteiger partial charge on any atom is -0.392 e. The Balaban J connectivity index is 1.92. The Labute approximate surface area is 73.2 Å². The van der Waals surface area contributed by atoms with Gasteiger partial charge in [-0.3, -0.25) is 0 Å². The van der Waals surface area contributed by atoms with Crippen molar-refractivity contribution in [2.45, 2.75) is 44.0 Å². The van der Waals surface area contributed by atoms with Gasteiger partial charge >= 0.3 is 0 Å². The van der Waals surface area contributed by atoms with Crippen molar-refractivity contribution in [1.82, 2.24) is 0 Å². The standard InChI is InChI=1S/C10H16O2/c1-2-3-9(11)8-6-7-4-5-10(8)12-7/h2,7-11H,1,3-6H2. The third-order valence-corrected chi connectivity index (χ3v) is 3.06. The molecular formula is C10H16O2. The van der Waals surface area contributed by atoms with Crippen LogP contribution in [0.25, 0.3) is 0 Å². The first-order valence-electron chi connectivity index (χ1n) is 4.75. The van der Waals surface area contributed by atoms with E-state index in [-0.39, 0.29) is 6.10 Å². The number of aliphatic hydroxyl groups is 1. The van der Waals surface area contributed by atoms with E-state index < -0.39 is 0 Å². The summed E-state index contributed by atoms with van der Waals surface area (Å²) < 4.78 is 5.66. The van der Waals surface area contributed by atoms with Crippen LogP contribution in [-0.4, -0.2) is 23.4 Å². The van der Waals surface area contributed by atoms with Gasteiger partial charge in [0.15, 0.2) is 0 Å². The third kappa shape index (κ3) is 1.29. The summed E-state index contributed by atoms with van der Waals surface area (Å²) in [5, 5.41) is 9.72. The normalized spacial score (nSPS) is 41.6.